The second-order valence-corrected chi connectivity index (χ2v) is 8.74. The number of guanidine groups is 1. The first-order valence-corrected chi connectivity index (χ1v) is 11.4. The van der Waals surface area contributed by atoms with Gasteiger partial charge in [-0.2, -0.15) is 0 Å². The number of ether oxygens (including phenoxy) is 1. The summed E-state index contributed by atoms with van der Waals surface area (Å²) in [6.07, 6.45) is 2.33. The van der Waals surface area contributed by atoms with Crippen molar-refractivity contribution in [1.82, 2.24) is 20.1 Å². The van der Waals surface area contributed by atoms with Crippen LogP contribution < -0.4 is 5.32 Å². The smallest absolute Gasteiger partial charge is 0.193 e. The van der Waals surface area contributed by atoms with Gasteiger partial charge in [0.25, 0.3) is 0 Å². The number of morpholine rings is 1. The molecule has 1 aromatic heterocycles. The molecule has 0 radical (unpaired) electrons. The number of rotatable bonds is 6. The fourth-order valence-corrected chi connectivity index (χ4v) is 5.05. The van der Waals surface area contributed by atoms with E-state index in [9.17, 15) is 0 Å². The van der Waals surface area contributed by atoms with E-state index < -0.39 is 0 Å². The summed E-state index contributed by atoms with van der Waals surface area (Å²) in [5.74, 6) is 0.984. The zero-order valence-electron chi connectivity index (χ0n) is 17.8. The molecule has 0 bridgehead atoms. The lowest BCUT2D eigenvalue weighted by molar-refractivity contribution is -0.0502. The van der Waals surface area contributed by atoms with Crippen molar-refractivity contribution in [2.75, 3.05) is 39.8 Å². The largest absolute Gasteiger partial charge is 0.373 e. The fraction of sp³-hybridized carbons (Fsp3) is 0.545. The number of nitrogens with one attached hydrogen (secondary N) is 1. The third kappa shape index (κ3) is 5.93. The van der Waals surface area contributed by atoms with Crippen LogP contribution in [0.25, 0.3) is 0 Å². The molecule has 2 unspecified atom stereocenters. The number of hydrogen-bond donors (Lipinski definition) is 1. The monoisotopic (exact) mass is 541 g/mol. The van der Waals surface area contributed by atoms with Crippen molar-refractivity contribution < 1.29 is 4.74 Å². The summed E-state index contributed by atoms with van der Waals surface area (Å²) >= 11 is 1.75. The molecule has 0 spiro atoms. The Bertz CT molecular complexity index is 815. The lowest BCUT2D eigenvalue weighted by Crippen LogP contribution is -2.50. The molecular weight excluding hydrogens is 509 g/mol. The molecule has 2 fully saturated rings. The molecule has 2 aliphatic heterocycles. The van der Waals surface area contributed by atoms with Crippen LogP contribution in [0.15, 0.2) is 40.7 Å². The van der Waals surface area contributed by atoms with Crippen molar-refractivity contribution in [2.24, 2.45) is 4.99 Å². The number of likely N-dealkylation sites (tertiary alicyclic amines) is 1. The van der Waals surface area contributed by atoms with E-state index in [1.807, 2.05) is 7.05 Å². The highest BCUT2D eigenvalue weighted by Gasteiger charge is 2.41. The molecule has 3 heterocycles. The summed E-state index contributed by atoms with van der Waals surface area (Å²) in [5.41, 5.74) is 2.49. The van der Waals surface area contributed by atoms with Gasteiger partial charge in [0.15, 0.2) is 5.96 Å². The summed E-state index contributed by atoms with van der Waals surface area (Å²) in [4.78, 5) is 14.0. The topological polar surface area (TPSA) is 53.0 Å². The first-order chi connectivity index (χ1) is 14.2. The molecule has 2 aliphatic rings. The molecule has 0 saturated carbocycles. The van der Waals surface area contributed by atoms with E-state index in [2.05, 4.69) is 67.7 Å². The van der Waals surface area contributed by atoms with Gasteiger partial charge in [-0.15, -0.1) is 35.3 Å². The van der Waals surface area contributed by atoms with E-state index in [4.69, 9.17) is 4.74 Å². The molecule has 8 heteroatoms. The molecule has 4 rings (SSSR count). The van der Waals surface area contributed by atoms with Crippen LogP contribution in [0.4, 0.5) is 0 Å². The Morgan fingerprint density at radius 1 is 1.30 bits per heavy atom. The Kier molecular flexibility index (Phi) is 8.91. The molecule has 0 amide bonds. The number of benzene rings is 1. The third-order valence-corrected chi connectivity index (χ3v) is 6.70. The van der Waals surface area contributed by atoms with Gasteiger partial charge in [0.2, 0.25) is 0 Å². The van der Waals surface area contributed by atoms with Crippen LogP contribution in [0, 0.1) is 6.92 Å². The predicted molar refractivity (Wildman–Crippen MR) is 134 cm³/mol. The number of thiazole rings is 1. The summed E-state index contributed by atoms with van der Waals surface area (Å²) in [6.45, 7) is 7.61. The highest BCUT2D eigenvalue weighted by atomic mass is 127. The van der Waals surface area contributed by atoms with Crippen molar-refractivity contribution in [2.45, 2.75) is 38.5 Å². The van der Waals surface area contributed by atoms with Gasteiger partial charge in [-0.3, -0.25) is 9.89 Å². The standard InChI is InChI=1S/C22H31N5OS.HI/c1-17-16-29-21(25-17)9-6-10-24-22(23-2)27-14-19-20(15-27)28-12-11-26(19)13-18-7-4-3-5-8-18;/h3-5,7-8,16,19-20H,6,9-15H2,1-2H3,(H,23,24);1H. The molecule has 1 N–H and O–H groups in total. The van der Waals surface area contributed by atoms with Crippen molar-refractivity contribution in [1.29, 1.82) is 0 Å². The molecule has 30 heavy (non-hydrogen) atoms. The van der Waals surface area contributed by atoms with Crippen molar-refractivity contribution in [3.05, 3.63) is 52.0 Å². The quantitative estimate of drug-likeness (QED) is 0.264. The van der Waals surface area contributed by atoms with Crippen LogP contribution in [0.1, 0.15) is 22.7 Å². The molecule has 2 atom stereocenters. The number of aliphatic imine (C=N–C) groups is 1. The van der Waals surface area contributed by atoms with E-state index in [1.165, 1.54) is 10.6 Å². The maximum atomic E-state index is 6.11. The van der Waals surface area contributed by atoms with E-state index in [-0.39, 0.29) is 30.1 Å². The van der Waals surface area contributed by atoms with Gasteiger partial charge in [0.05, 0.1) is 23.8 Å². The first kappa shape index (κ1) is 23.4. The maximum absolute atomic E-state index is 6.11. The Hall–Kier alpha value is -1.23. The predicted octanol–water partition coefficient (Wildman–Crippen LogP) is 3.16. The maximum Gasteiger partial charge on any atom is 0.193 e. The molecular formula is C22H32IN5OS. The van der Waals surface area contributed by atoms with E-state index in [0.29, 0.717) is 6.04 Å². The zero-order valence-corrected chi connectivity index (χ0v) is 20.9. The van der Waals surface area contributed by atoms with Gasteiger partial charge >= 0.3 is 0 Å². The SMILES string of the molecule is CN=C(NCCCc1nc(C)cs1)N1CC2OCCN(Cc3ccccc3)C2C1.I. The highest BCUT2D eigenvalue weighted by molar-refractivity contribution is 14.0. The van der Waals surface area contributed by atoms with E-state index >= 15 is 0 Å². The second kappa shape index (κ2) is 11.4. The molecule has 2 saturated heterocycles. The third-order valence-electron chi connectivity index (χ3n) is 5.67. The molecule has 2 aromatic rings. The summed E-state index contributed by atoms with van der Waals surface area (Å²) in [5, 5.41) is 6.88. The molecule has 6 nitrogen and oxygen atoms in total. The van der Waals surface area contributed by atoms with E-state index in [0.717, 1.165) is 63.8 Å². The van der Waals surface area contributed by atoms with Crippen LogP contribution in [0.2, 0.25) is 0 Å². The van der Waals surface area contributed by atoms with Gasteiger partial charge in [-0.1, -0.05) is 30.3 Å². The lowest BCUT2D eigenvalue weighted by atomic mass is 10.1. The Morgan fingerprint density at radius 3 is 2.87 bits per heavy atom. The Labute approximate surface area is 200 Å². The highest BCUT2D eigenvalue weighted by Crippen LogP contribution is 2.24. The van der Waals surface area contributed by atoms with Gasteiger partial charge in [0.1, 0.15) is 0 Å². The van der Waals surface area contributed by atoms with Crippen molar-refractivity contribution >= 4 is 41.3 Å². The van der Waals surface area contributed by atoms with Gasteiger partial charge < -0.3 is 15.0 Å². The molecule has 164 valence electrons. The normalized spacial score (nSPS) is 21.9. The van der Waals surface area contributed by atoms with Crippen molar-refractivity contribution in [3.63, 3.8) is 0 Å². The van der Waals surface area contributed by atoms with E-state index in [1.54, 1.807) is 11.3 Å². The summed E-state index contributed by atoms with van der Waals surface area (Å²) in [6, 6.07) is 11.2. The average Bonchev–Trinajstić information content (AvgIpc) is 3.35. The first-order valence-electron chi connectivity index (χ1n) is 10.5. The average molecular weight is 542 g/mol. The summed E-state index contributed by atoms with van der Waals surface area (Å²) in [7, 11) is 1.87. The van der Waals surface area contributed by atoms with Crippen molar-refractivity contribution in [3.8, 4) is 0 Å². The van der Waals surface area contributed by atoms with Gasteiger partial charge in [-0.05, 0) is 18.9 Å². The number of aryl methyl sites for hydroxylation is 2. The molecule has 0 aliphatic carbocycles. The molecule has 1 aromatic carbocycles. The number of fused-ring (bicyclic) bond motifs is 1. The fourth-order valence-electron chi connectivity index (χ4n) is 4.24. The number of nitrogens with zero attached hydrogens (tertiary/aromatic N) is 4. The van der Waals surface area contributed by atoms with Gasteiger partial charge in [0, 0.05) is 57.3 Å². The number of aromatic nitrogens is 1. The minimum Gasteiger partial charge on any atom is -0.373 e. The minimum atomic E-state index is 0. The van der Waals surface area contributed by atoms with Gasteiger partial charge in [-0.25, -0.2) is 4.98 Å². The number of halogens is 1. The van der Waals surface area contributed by atoms with Crippen LogP contribution in [0.3, 0.4) is 0 Å². The van der Waals surface area contributed by atoms with Crippen LogP contribution in [-0.2, 0) is 17.7 Å². The summed E-state index contributed by atoms with van der Waals surface area (Å²) < 4.78 is 6.11. The minimum absolute atomic E-state index is 0. The Balaban J connectivity index is 0.00000256. The zero-order chi connectivity index (χ0) is 20.1. The van der Waals surface area contributed by atoms with Crippen LogP contribution in [-0.4, -0.2) is 72.7 Å². The van der Waals surface area contributed by atoms with Crippen LogP contribution >= 0.6 is 35.3 Å². The lowest BCUT2D eigenvalue weighted by Gasteiger charge is -2.36. The number of hydrogen-bond acceptors (Lipinski definition) is 5. The van der Waals surface area contributed by atoms with Crippen LogP contribution in [0.5, 0.6) is 0 Å². The Morgan fingerprint density at radius 2 is 2.13 bits per heavy atom. The second-order valence-electron chi connectivity index (χ2n) is 7.80.